The highest BCUT2D eigenvalue weighted by molar-refractivity contribution is 5.88. The number of carboxylic acid groups (broad SMARTS) is 1. The number of hydrogen-bond donors (Lipinski definition) is 2. The van der Waals surface area contributed by atoms with E-state index >= 15 is 0 Å². The first-order chi connectivity index (χ1) is 18.0. The molecule has 2 saturated heterocycles. The van der Waals surface area contributed by atoms with Crippen molar-refractivity contribution in [1.82, 2.24) is 9.88 Å². The van der Waals surface area contributed by atoms with Gasteiger partial charge < -0.3 is 20.2 Å². The molecule has 5 rings (SSSR count). The van der Waals surface area contributed by atoms with E-state index in [4.69, 9.17) is 0 Å². The molecule has 3 heterocycles. The molecule has 1 aliphatic carbocycles. The number of rotatable bonds is 8. The maximum Gasteiger partial charge on any atom is 0.326 e. The van der Waals surface area contributed by atoms with Gasteiger partial charge in [-0.3, -0.25) is 4.79 Å². The van der Waals surface area contributed by atoms with Gasteiger partial charge in [-0.15, -0.1) is 0 Å². The summed E-state index contributed by atoms with van der Waals surface area (Å²) >= 11 is 0. The Morgan fingerprint density at radius 1 is 1.00 bits per heavy atom. The van der Waals surface area contributed by atoms with Crippen LogP contribution >= 0.6 is 0 Å². The van der Waals surface area contributed by atoms with Crippen molar-refractivity contribution >= 4 is 23.4 Å². The summed E-state index contributed by atoms with van der Waals surface area (Å²) in [5.41, 5.74) is 1.84. The van der Waals surface area contributed by atoms with Crippen LogP contribution in [0, 0.1) is 11.3 Å². The molecule has 1 spiro atoms. The third kappa shape index (κ3) is 5.91. The van der Waals surface area contributed by atoms with Crippen molar-refractivity contribution in [3.8, 4) is 0 Å². The first kappa shape index (κ1) is 25.6. The number of nitrogens with zero attached hydrogens (tertiary/aromatic N) is 3. The summed E-state index contributed by atoms with van der Waals surface area (Å²) in [6.07, 6.45) is 11.4. The number of carbonyl (C=O) groups is 2. The Balaban J connectivity index is 1.16. The molecular formula is C30H40N4O3. The summed E-state index contributed by atoms with van der Waals surface area (Å²) in [4.78, 5) is 34.2. The molecule has 37 heavy (non-hydrogen) atoms. The summed E-state index contributed by atoms with van der Waals surface area (Å²) in [7, 11) is 0. The van der Waals surface area contributed by atoms with Crippen molar-refractivity contribution in [3.05, 3.63) is 54.2 Å². The van der Waals surface area contributed by atoms with Crippen molar-refractivity contribution in [3.63, 3.8) is 0 Å². The third-order valence-electron chi connectivity index (χ3n) is 8.82. The Hall–Kier alpha value is -3.09. The maximum atomic E-state index is 13.5. The van der Waals surface area contributed by atoms with Gasteiger partial charge in [0.15, 0.2) is 0 Å². The lowest BCUT2D eigenvalue weighted by Gasteiger charge is -2.45. The van der Waals surface area contributed by atoms with Gasteiger partial charge in [-0.2, -0.15) is 0 Å². The molecule has 198 valence electrons. The first-order valence-electron chi connectivity index (χ1n) is 14.1. The van der Waals surface area contributed by atoms with Crippen LogP contribution in [0.1, 0.15) is 63.4 Å². The zero-order valence-electron chi connectivity index (χ0n) is 21.8. The van der Waals surface area contributed by atoms with E-state index in [1.165, 1.54) is 12.1 Å². The van der Waals surface area contributed by atoms with Gasteiger partial charge in [-0.1, -0.05) is 37.5 Å². The van der Waals surface area contributed by atoms with Crippen molar-refractivity contribution in [2.45, 2.75) is 70.3 Å². The number of aromatic nitrogens is 1. The number of amides is 1. The van der Waals surface area contributed by atoms with Crippen LogP contribution in [-0.4, -0.2) is 59.1 Å². The van der Waals surface area contributed by atoms with Crippen LogP contribution in [0.15, 0.2) is 48.7 Å². The summed E-state index contributed by atoms with van der Waals surface area (Å²) in [6.45, 7) is 3.52. The van der Waals surface area contributed by atoms with E-state index in [2.05, 4.69) is 27.3 Å². The Morgan fingerprint density at radius 2 is 1.73 bits per heavy atom. The number of nitrogens with one attached hydrogen (secondary N) is 1. The summed E-state index contributed by atoms with van der Waals surface area (Å²) in [6, 6.07) is 13.5. The number of pyridine rings is 1. The molecule has 2 aromatic rings. The zero-order chi connectivity index (χ0) is 25.7. The second-order valence-electron chi connectivity index (χ2n) is 11.2. The molecule has 7 heteroatoms. The minimum absolute atomic E-state index is 0.0860. The second-order valence-corrected chi connectivity index (χ2v) is 11.2. The summed E-state index contributed by atoms with van der Waals surface area (Å²) in [5, 5.41) is 13.5. The van der Waals surface area contributed by atoms with Gasteiger partial charge in [0.25, 0.3) is 0 Å². The van der Waals surface area contributed by atoms with E-state index in [-0.39, 0.29) is 11.3 Å². The van der Waals surface area contributed by atoms with Crippen LogP contribution in [-0.2, 0) is 16.0 Å². The number of carboxylic acids is 1. The molecule has 7 nitrogen and oxygen atoms in total. The Labute approximate surface area is 220 Å². The van der Waals surface area contributed by atoms with Gasteiger partial charge >= 0.3 is 5.97 Å². The first-order valence-corrected chi connectivity index (χ1v) is 14.1. The van der Waals surface area contributed by atoms with Crippen molar-refractivity contribution in [2.24, 2.45) is 11.3 Å². The fraction of sp³-hybridized carbons (Fsp3) is 0.567. The van der Waals surface area contributed by atoms with Crippen LogP contribution < -0.4 is 10.2 Å². The third-order valence-corrected chi connectivity index (χ3v) is 8.82. The number of anilines is 2. The normalized spacial score (nSPS) is 21.1. The van der Waals surface area contributed by atoms with Crippen LogP contribution in [0.3, 0.4) is 0 Å². The number of benzene rings is 1. The molecule has 1 atom stereocenters. The molecule has 1 unspecified atom stereocenters. The highest BCUT2D eigenvalue weighted by atomic mass is 16.4. The minimum atomic E-state index is -0.897. The molecule has 3 fully saturated rings. The maximum absolute atomic E-state index is 13.5. The van der Waals surface area contributed by atoms with Crippen LogP contribution in [0.5, 0.6) is 0 Å². The number of carbonyl (C=O) groups excluding carboxylic acids is 1. The highest BCUT2D eigenvalue weighted by Crippen LogP contribution is 2.44. The average Bonchev–Trinajstić information content (AvgIpc) is 2.94. The van der Waals surface area contributed by atoms with Gasteiger partial charge in [0.05, 0.1) is 0 Å². The molecule has 3 aliphatic rings. The van der Waals surface area contributed by atoms with Crippen molar-refractivity contribution in [1.29, 1.82) is 0 Å². The molecule has 1 saturated carbocycles. The quantitative estimate of drug-likeness (QED) is 0.527. The molecule has 2 aliphatic heterocycles. The second kappa shape index (κ2) is 11.5. The fourth-order valence-electron chi connectivity index (χ4n) is 6.60. The highest BCUT2D eigenvalue weighted by Gasteiger charge is 2.47. The topological polar surface area (TPSA) is 85.8 Å². The largest absolute Gasteiger partial charge is 0.480 e. The van der Waals surface area contributed by atoms with Crippen LogP contribution in [0.4, 0.5) is 11.5 Å². The van der Waals surface area contributed by atoms with Gasteiger partial charge in [-0.25, -0.2) is 9.78 Å². The number of hydrogen-bond acceptors (Lipinski definition) is 5. The Bertz CT molecular complexity index is 1040. The molecule has 1 aromatic carbocycles. The molecule has 1 amide bonds. The molecule has 2 N–H and O–H groups in total. The van der Waals surface area contributed by atoms with Gasteiger partial charge in [0.2, 0.25) is 5.91 Å². The molecule has 0 bridgehead atoms. The lowest BCUT2D eigenvalue weighted by molar-refractivity contribution is -0.160. The van der Waals surface area contributed by atoms with E-state index < -0.39 is 12.0 Å². The number of likely N-dealkylation sites (tertiary alicyclic amines) is 1. The standard InChI is InChI=1S/C30H40N4O3/c35-28(36)26(34-18-6-16-30(29(34)37)14-3-1-4-15-30)21-23-8-10-25(11-9-23)33-19-12-24(13-20-33)22-32-27-7-2-5-17-31-27/h2,5,7-11,17,24,26H,1,3-4,6,12-16,18-22H2,(H,31,32)(H,35,36). The lowest BCUT2D eigenvalue weighted by atomic mass is 9.68. The zero-order valence-corrected chi connectivity index (χ0v) is 21.8. The van der Waals surface area contributed by atoms with Crippen LogP contribution in [0.2, 0.25) is 0 Å². The minimum Gasteiger partial charge on any atom is -0.480 e. The predicted octanol–water partition coefficient (Wildman–Crippen LogP) is 4.98. The van der Waals surface area contributed by atoms with E-state index in [1.807, 2.05) is 36.5 Å². The number of piperidine rings is 2. The molecule has 1 aromatic heterocycles. The van der Waals surface area contributed by atoms with Crippen LogP contribution in [0.25, 0.3) is 0 Å². The van der Waals surface area contributed by atoms with Gasteiger partial charge in [0, 0.05) is 49.9 Å². The predicted molar refractivity (Wildman–Crippen MR) is 146 cm³/mol. The summed E-state index contributed by atoms with van der Waals surface area (Å²) in [5.74, 6) is 0.748. The average molecular weight is 505 g/mol. The molecular weight excluding hydrogens is 464 g/mol. The number of aliphatic carboxylic acids is 1. The molecule has 0 radical (unpaired) electrons. The fourth-order valence-corrected chi connectivity index (χ4v) is 6.60. The smallest absolute Gasteiger partial charge is 0.326 e. The van der Waals surface area contributed by atoms with E-state index in [0.29, 0.717) is 18.9 Å². The Morgan fingerprint density at radius 3 is 2.41 bits per heavy atom. The van der Waals surface area contributed by atoms with E-state index in [9.17, 15) is 14.7 Å². The van der Waals surface area contributed by atoms with Crippen molar-refractivity contribution < 1.29 is 14.7 Å². The van der Waals surface area contributed by atoms with Crippen molar-refractivity contribution in [2.75, 3.05) is 36.4 Å². The van der Waals surface area contributed by atoms with E-state index in [0.717, 1.165) is 82.4 Å². The Kier molecular flexibility index (Phi) is 7.96. The monoisotopic (exact) mass is 504 g/mol. The van der Waals surface area contributed by atoms with Gasteiger partial charge in [0.1, 0.15) is 11.9 Å². The van der Waals surface area contributed by atoms with E-state index in [1.54, 1.807) is 4.90 Å². The van der Waals surface area contributed by atoms with Gasteiger partial charge in [-0.05, 0) is 74.3 Å². The summed E-state index contributed by atoms with van der Waals surface area (Å²) < 4.78 is 0. The SMILES string of the molecule is O=C(O)C(Cc1ccc(N2CCC(CNc3ccccn3)CC2)cc1)N1CCCC2(CCCCC2)C1=O. The lowest BCUT2D eigenvalue weighted by Crippen LogP contribution is -2.56.